The van der Waals surface area contributed by atoms with Gasteiger partial charge >= 0.3 is 0 Å². The van der Waals surface area contributed by atoms with Crippen molar-refractivity contribution in [1.82, 2.24) is 0 Å². The van der Waals surface area contributed by atoms with Gasteiger partial charge in [-0.15, -0.1) is 0 Å². The number of nitrogens with two attached hydrogens (primary N) is 1. The third-order valence-corrected chi connectivity index (χ3v) is 2.30. The van der Waals surface area contributed by atoms with Crippen molar-refractivity contribution in [3.8, 4) is 0 Å². The molecule has 5 nitrogen and oxygen atoms in total. The summed E-state index contributed by atoms with van der Waals surface area (Å²) in [6.07, 6.45) is 0. The number of hydrogen-bond donors (Lipinski definition) is 1. The summed E-state index contributed by atoms with van der Waals surface area (Å²) >= 11 is 0. The minimum atomic E-state index is -0.399. The summed E-state index contributed by atoms with van der Waals surface area (Å²) in [4.78, 5) is 10.3. The third kappa shape index (κ3) is 1.36. The first-order chi connectivity index (χ1) is 6.70. The standard InChI is InChI=1S/C9H10N2O3/c10-7-5-14-4-6-2-1-3-8(9(6)7)11(12)13/h1-3,7H,4-5,10H2/t7-/m0/s1. The second-order valence-corrected chi connectivity index (χ2v) is 3.23. The van der Waals surface area contributed by atoms with Crippen LogP contribution in [-0.2, 0) is 11.3 Å². The summed E-state index contributed by atoms with van der Waals surface area (Å²) in [5, 5.41) is 10.7. The van der Waals surface area contributed by atoms with Gasteiger partial charge in [0.25, 0.3) is 5.69 Å². The Labute approximate surface area is 80.6 Å². The zero-order valence-corrected chi connectivity index (χ0v) is 7.47. The fourth-order valence-electron chi connectivity index (χ4n) is 1.69. The van der Waals surface area contributed by atoms with Gasteiger partial charge in [-0.2, -0.15) is 0 Å². The minimum absolute atomic E-state index is 0.0956. The van der Waals surface area contributed by atoms with Crippen molar-refractivity contribution in [3.63, 3.8) is 0 Å². The zero-order valence-electron chi connectivity index (χ0n) is 7.47. The van der Waals surface area contributed by atoms with Gasteiger partial charge in [0, 0.05) is 6.07 Å². The third-order valence-electron chi connectivity index (χ3n) is 2.30. The molecule has 1 aliphatic rings. The lowest BCUT2D eigenvalue weighted by molar-refractivity contribution is -0.386. The summed E-state index contributed by atoms with van der Waals surface area (Å²) < 4.78 is 5.20. The molecule has 0 bridgehead atoms. The normalized spacial score (nSPS) is 20.2. The summed E-state index contributed by atoms with van der Waals surface area (Å²) in [5.41, 5.74) is 7.28. The molecule has 0 radical (unpaired) electrons. The molecule has 2 N–H and O–H groups in total. The SMILES string of the molecule is N[C@H]1COCc2cccc([N+](=O)[O-])c21. The molecule has 0 aromatic heterocycles. The van der Waals surface area contributed by atoms with E-state index in [1.165, 1.54) is 6.07 Å². The smallest absolute Gasteiger partial charge is 0.274 e. The number of rotatable bonds is 1. The predicted octanol–water partition coefficient (Wildman–Crippen LogP) is 1.12. The van der Waals surface area contributed by atoms with Gasteiger partial charge in [0.2, 0.25) is 0 Å². The average molecular weight is 194 g/mol. The van der Waals surface area contributed by atoms with Crippen molar-refractivity contribution in [2.45, 2.75) is 12.6 Å². The number of nitro benzene ring substituents is 1. The van der Waals surface area contributed by atoms with E-state index in [0.29, 0.717) is 18.8 Å². The molecule has 0 aliphatic carbocycles. The summed E-state index contributed by atoms with van der Waals surface area (Å²) in [5.74, 6) is 0. The van der Waals surface area contributed by atoms with E-state index in [4.69, 9.17) is 10.5 Å². The van der Waals surface area contributed by atoms with Crippen LogP contribution in [-0.4, -0.2) is 11.5 Å². The molecular weight excluding hydrogens is 184 g/mol. The summed E-state index contributed by atoms with van der Waals surface area (Å²) in [7, 11) is 0. The molecule has 1 aromatic carbocycles. The van der Waals surface area contributed by atoms with Crippen LogP contribution in [0.2, 0.25) is 0 Å². The van der Waals surface area contributed by atoms with Gasteiger partial charge in [-0.05, 0) is 5.56 Å². The highest BCUT2D eigenvalue weighted by molar-refractivity contribution is 5.48. The molecule has 0 fully saturated rings. The Hall–Kier alpha value is -1.46. The van der Waals surface area contributed by atoms with E-state index >= 15 is 0 Å². The van der Waals surface area contributed by atoms with Crippen LogP contribution in [0.4, 0.5) is 5.69 Å². The topological polar surface area (TPSA) is 78.4 Å². The lowest BCUT2D eigenvalue weighted by Crippen LogP contribution is -2.24. The Morgan fingerprint density at radius 1 is 1.57 bits per heavy atom. The molecule has 1 aromatic rings. The van der Waals surface area contributed by atoms with Crippen LogP contribution in [0.25, 0.3) is 0 Å². The van der Waals surface area contributed by atoms with E-state index < -0.39 is 4.92 Å². The maximum absolute atomic E-state index is 10.7. The van der Waals surface area contributed by atoms with Crippen LogP contribution >= 0.6 is 0 Å². The first-order valence-corrected chi connectivity index (χ1v) is 4.29. The van der Waals surface area contributed by atoms with E-state index in [2.05, 4.69) is 0 Å². The lowest BCUT2D eigenvalue weighted by atomic mass is 9.98. The second kappa shape index (κ2) is 3.36. The molecule has 0 amide bonds. The molecule has 0 spiro atoms. The molecule has 2 rings (SSSR count). The highest BCUT2D eigenvalue weighted by Crippen LogP contribution is 2.31. The Balaban J connectivity index is 2.57. The fraction of sp³-hybridized carbons (Fsp3) is 0.333. The van der Waals surface area contributed by atoms with Gasteiger partial charge in [0.05, 0.1) is 29.7 Å². The number of nitro groups is 1. The zero-order chi connectivity index (χ0) is 10.1. The van der Waals surface area contributed by atoms with Crippen molar-refractivity contribution in [2.24, 2.45) is 5.73 Å². The number of hydrogen-bond acceptors (Lipinski definition) is 4. The molecule has 0 unspecified atom stereocenters. The van der Waals surface area contributed by atoms with Crippen LogP contribution in [0.5, 0.6) is 0 Å². The largest absolute Gasteiger partial charge is 0.375 e. The fourth-order valence-corrected chi connectivity index (χ4v) is 1.69. The van der Waals surface area contributed by atoms with Crippen molar-refractivity contribution in [3.05, 3.63) is 39.4 Å². The first kappa shape index (κ1) is 9.11. The second-order valence-electron chi connectivity index (χ2n) is 3.23. The van der Waals surface area contributed by atoms with Crippen LogP contribution < -0.4 is 5.73 Å². The van der Waals surface area contributed by atoms with E-state index in [9.17, 15) is 10.1 Å². The van der Waals surface area contributed by atoms with Gasteiger partial charge in [0.15, 0.2) is 0 Å². The highest BCUT2D eigenvalue weighted by Gasteiger charge is 2.26. The number of fused-ring (bicyclic) bond motifs is 1. The molecule has 14 heavy (non-hydrogen) atoms. The van der Waals surface area contributed by atoms with Crippen LogP contribution in [0.15, 0.2) is 18.2 Å². The van der Waals surface area contributed by atoms with Gasteiger partial charge in [-0.3, -0.25) is 10.1 Å². The molecule has 1 atom stereocenters. The summed E-state index contributed by atoms with van der Waals surface area (Å²) in [6, 6.07) is 4.55. The van der Waals surface area contributed by atoms with Crippen molar-refractivity contribution in [1.29, 1.82) is 0 Å². The monoisotopic (exact) mass is 194 g/mol. The maximum Gasteiger partial charge on any atom is 0.274 e. The van der Waals surface area contributed by atoms with Gasteiger partial charge in [-0.1, -0.05) is 12.1 Å². The van der Waals surface area contributed by atoms with Crippen LogP contribution in [0.3, 0.4) is 0 Å². The Bertz CT molecular complexity index is 378. The first-order valence-electron chi connectivity index (χ1n) is 4.29. The molecule has 1 heterocycles. The Kier molecular flexibility index (Phi) is 2.18. The highest BCUT2D eigenvalue weighted by atomic mass is 16.6. The average Bonchev–Trinajstić information content (AvgIpc) is 2.17. The minimum Gasteiger partial charge on any atom is -0.375 e. The van der Waals surface area contributed by atoms with Crippen molar-refractivity contribution >= 4 is 5.69 Å². The quantitative estimate of drug-likeness (QED) is 0.536. The Morgan fingerprint density at radius 3 is 3.07 bits per heavy atom. The molecule has 1 aliphatic heterocycles. The molecule has 0 saturated heterocycles. The Morgan fingerprint density at radius 2 is 2.36 bits per heavy atom. The van der Waals surface area contributed by atoms with Crippen LogP contribution in [0, 0.1) is 10.1 Å². The summed E-state index contributed by atoms with van der Waals surface area (Å²) in [6.45, 7) is 0.753. The van der Waals surface area contributed by atoms with Gasteiger partial charge in [-0.25, -0.2) is 0 Å². The number of benzene rings is 1. The molecule has 74 valence electrons. The molecule has 5 heteroatoms. The van der Waals surface area contributed by atoms with Gasteiger partial charge in [0.1, 0.15) is 0 Å². The number of nitrogens with zero attached hydrogens (tertiary/aromatic N) is 1. The number of ether oxygens (including phenoxy) is 1. The maximum atomic E-state index is 10.7. The molecular formula is C9H10N2O3. The van der Waals surface area contributed by atoms with E-state index in [1.54, 1.807) is 12.1 Å². The van der Waals surface area contributed by atoms with E-state index in [1.807, 2.05) is 0 Å². The van der Waals surface area contributed by atoms with Crippen LogP contribution in [0.1, 0.15) is 17.2 Å². The lowest BCUT2D eigenvalue weighted by Gasteiger charge is -2.21. The van der Waals surface area contributed by atoms with Gasteiger partial charge < -0.3 is 10.5 Å². The van der Waals surface area contributed by atoms with E-state index in [-0.39, 0.29) is 11.7 Å². The molecule has 0 saturated carbocycles. The predicted molar refractivity (Wildman–Crippen MR) is 49.7 cm³/mol. The van der Waals surface area contributed by atoms with E-state index in [0.717, 1.165) is 5.56 Å². The van der Waals surface area contributed by atoms with Crippen molar-refractivity contribution in [2.75, 3.05) is 6.61 Å². The van der Waals surface area contributed by atoms with Crippen molar-refractivity contribution < 1.29 is 9.66 Å².